The normalized spacial score (nSPS) is 14.1. The number of ether oxygens (including phenoxy) is 2. The zero-order chi connectivity index (χ0) is 33.0. The summed E-state index contributed by atoms with van der Waals surface area (Å²) >= 11 is 0.790. The van der Waals surface area contributed by atoms with Gasteiger partial charge in [-0.2, -0.15) is 13.2 Å². The summed E-state index contributed by atoms with van der Waals surface area (Å²) in [4.78, 5) is 49.2. The van der Waals surface area contributed by atoms with E-state index in [0.29, 0.717) is 42.9 Å². The molecule has 244 valence electrons. The van der Waals surface area contributed by atoms with Gasteiger partial charge in [0, 0.05) is 66.5 Å². The number of pyridine rings is 2. The lowest BCUT2D eigenvalue weighted by atomic mass is 9.99. The first-order chi connectivity index (χ1) is 21.9. The van der Waals surface area contributed by atoms with E-state index in [2.05, 4.69) is 25.5 Å². The third-order valence-electron chi connectivity index (χ3n) is 7.24. The van der Waals surface area contributed by atoms with Crippen molar-refractivity contribution in [1.29, 1.82) is 0 Å². The molecule has 1 aliphatic rings. The predicted octanol–water partition coefficient (Wildman–Crippen LogP) is 5.24. The zero-order valence-electron chi connectivity index (χ0n) is 25.4. The van der Waals surface area contributed by atoms with Crippen LogP contribution in [0.4, 0.5) is 23.8 Å². The topological polar surface area (TPSA) is 128 Å². The van der Waals surface area contributed by atoms with Crippen molar-refractivity contribution in [1.82, 2.24) is 24.8 Å². The van der Waals surface area contributed by atoms with Crippen LogP contribution in [0.2, 0.25) is 0 Å². The van der Waals surface area contributed by atoms with Crippen LogP contribution in [0.25, 0.3) is 32.6 Å². The first-order valence-corrected chi connectivity index (χ1v) is 15.6. The second-order valence-corrected chi connectivity index (χ2v) is 11.7. The van der Waals surface area contributed by atoms with Gasteiger partial charge in [-0.05, 0) is 44.5 Å². The number of nitrogens with zero attached hydrogens (tertiary/aromatic N) is 4. The number of thiazole rings is 1. The molecule has 0 aliphatic carbocycles. The molecule has 15 heteroatoms. The van der Waals surface area contributed by atoms with Crippen LogP contribution in [0, 0.1) is 0 Å². The number of carbonyl (C=O) groups is 2. The number of anilines is 1. The highest BCUT2D eigenvalue weighted by Crippen LogP contribution is 2.39. The first kappa shape index (κ1) is 33.0. The molecule has 0 atom stereocenters. The Kier molecular flexibility index (Phi) is 10.0. The molecule has 0 radical (unpaired) electrons. The summed E-state index contributed by atoms with van der Waals surface area (Å²) in [6.07, 6.45) is -1.74. The number of morpholine rings is 1. The van der Waals surface area contributed by atoms with Gasteiger partial charge in [0.1, 0.15) is 16.4 Å². The average molecular weight is 659 g/mol. The third kappa shape index (κ3) is 7.54. The number of esters is 1. The van der Waals surface area contributed by atoms with Crippen molar-refractivity contribution in [3.63, 3.8) is 0 Å². The minimum Gasteiger partial charge on any atom is -0.462 e. The maximum absolute atomic E-state index is 13.7. The molecular weight excluding hydrogens is 625 g/mol. The predicted molar refractivity (Wildman–Crippen MR) is 168 cm³/mol. The Morgan fingerprint density at radius 2 is 1.89 bits per heavy atom. The highest BCUT2D eigenvalue weighted by Gasteiger charge is 2.34. The minimum absolute atomic E-state index is 0.0420. The number of rotatable bonds is 9. The molecule has 0 bridgehead atoms. The van der Waals surface area contributed by atoms with Gasteiger partial charge in [0.15, 0.2) is 5.69 Å². The van der Waals surface area contributed by atoms with E-state index in [0.717, 1.165) is 29.8 Å². The van der Waals surface area contributed by atoms with Crippen LogP contribution in [-0.4, -0.2) is 76.9 Å². The molecule has 0 saturated carbocycles. The van der Waals surface area contributed by atoms with E-state index in [4.69, 9.17) is 9.47 Å². The monoisotopic (exact) mass is 658 g/mol. The van der Waals surface area contributed by atoms with E-state index >= 15 is 0 Å². The molecule has 0 spiro atoms. The molecule has 2 amide bonds. The molecule has 1 aliphatic heterocycles. The van der Waals surface area contributed by atoms with Crippen molar-refractivity contribution in [3.05, 3.63) is 63.5 Å². The van der Waals surface area contributed by atoms with Crippen LogP contribution < -0.4 is 16.1 Å². The third-order valence-corrected chi connectivity index (χ3v) is 8.11. The zero-order valence-corrected chi connectivity index (χ0v) is 26.3. The van der Waals surface area contributed by atoms with E-state index in [1.54, 1.807) is 39.0 Å². The fourth-order valence-corrected chi connectivity index (χ4v) is 5.91. The summed E-state index contributed by atoms with van der Waals surface area (Å²) < 4.78 is 52.9. The summed E-state index contributed by atoms with van der Waals surface area (Å²) in [5.41, 5.74) is -0.0499. The Morgan fingerprint density at radius 1 is 1.13 bits per heavy atom. The highest BCUT2D eigenvalue weighted by molar-refractivity contribution is 7.13. The number of nitrogens with one attached hydrogen (secondary N) is 2. The second-order valence-electron chi connectivity index (χ2n) is 10.9. The van der Waals surface area contributed by atoms with Gasteiger partial charge in [0.2, 0.25) is 5.43 Å². The Hall–Kier alpha value is -4.34. The number of hydrogen-bond acceptors (Lipinski definition) is 9. The highest BCUT2D eigenvalue weighted by atomic mass is 32.1. The maximum Gasteiger partial charge on any atom is 0.434 e. The van der Waals surface area contributed by atoms with Crippen LogP contribution in [0.5, 0.6) is 0 Å². The Labute approximate surface area is 266 Å². The maximum atomic E-state index is 13.7. The van der Waals surface area contributed by atoms with Crippen LogP contribution in [-0.2, 0) is 22.2 Å². The molecule has 1 saturated heterocycles. The largest absolute Gasteiger partial charge is 0.462 e. The minimum atomic E-state index is -4.65. The molecule has 4 heterocycles. The number of benzene rings is 1. The molecule has 1 fully saturated rings. The molecule has 11 nitrogen and oxygen atoms in total. The fraction of sp³-hybridized carbons (Fsp3) is 0.387. The number of amides is 2. The molecule has 1 aromatic carbocycles. The van der Waals surface area contributed by atoms with E-state index in [1.807, 2.05) is 4.57 Å². The Bertz CT molecular complexity index is 1800. The van der Waals surface area contributed by atoms with Crippen molar-refractivity contribution < 1.29 is 32.2 Å². The molecule has 5 rings (SSSR count). The Balaban J connectivity index is 1.62. The number of carbonyl (C=O) groups excluding carboxylic acids is 2. The van der Waals surface area contributed by atoms with Gasteiger partial charge < -0.3 is 19.4 Å². The van der Waals surface area contributed by atoms with Gasteiger partial charge in [-0.3, -0.25) is 15.0 Å². The van der Waals surface area contributed by atoms with Gasteiger partial charge in [0.25, 0.3) is 0 Å². The van der Waals surface area contributed by atoms with E-state index in [1.165, 1.54) is 18.5 Å². The lowest BCUT2D eigenvalue weighted by molar-refractivity contribution is -0.140. The lowest BCUT2D eigenvalue weighted by Gasteiger charge is -2.27. The smallest absolute Gasteiger partial charge is 0.434 e. The van der Waals surface area contributed by atoms with Crippen LogP contribution >= 0.6 is 11.3 Å². The van der Waals surface area contributed by atoms with E-state index < -0.39 is 29.3 Å². The van der Waals surface area contributed by atoms with Crippen molar-refractivity contribution in [3.8, 4) is 21.7 Å². The lowest BCUT2D eigenvalue weighted by Crippen LogP contribution is -2.38. The summed E-state index contributed by atoms with van der Waals surface area (Å²) in [6.45, 7) is 9.20. The number of hydrogen-bond donors (Lipinski definition) is 2. The number of halogens is 3. The quantitative estimate of drug-likeness (QED) is 0.234. The Morgan fingerprint density at radius 3 is 2.57 bits per heavy atom. The van der Waals surface area contributed by atoms with Crippen LogP contribution in [0.3, 0.4) is 0 Å². The van der Waals surface area contributed by atoms with Crippen molar-refractivity contribution in [2.75, 3.05) is 44.8 Å². The van der Waals surface area contributed by atoms with Gasteiger partial charge in [0.05, 0.1) is 25.3 Å². The summed E-state index contributed by atoms with van der Waals surface area (Å²) in [5.74, 6) is -0.656. The molecule has 46 heavy (non-hydrogen) atoms. The molecule has 0 unspecified atom stereocenters. The van der Waals surface area contributed by atoms with E-state index in [-0.39, 0.29) is 40.0 Å². The van der Waals surface area contributed by atoms with E-state index in [9.17, 15) is 27.6 Å². The molecular formula is C31H33F3N6O5S. The molecule has 4 aromatic rings. The average Bonchev–Trinajstić information content (AvgIpc) is 3.52. The standard InChI is InChI=1S/C31H33F3N6O5S/c1-4-45-29(42)23-16-40(8-7-39-9-11-44-12-10-39)24-6-5-19(13-21(24)27(23)41)22-15-35-26(38-30(43)36-18(2)3)14-20(22)28-37-25(17-46-28)31(32,33)34/h5-6,13-18H,4,7-12H2,1-3H3,(H2,35,36,38,43). The number of alkyl halides is 3. The van der Waals surface area contributed by atoms with Crippen molar-refractivity contribution >= 4 is 40.1 Å². The fourth-order valence-electron chi connectivity index (χ4n) is 5.05. The van der Waals surface area contributed by atoms with Crippen LogP contribution in [0.1, 0.15) is 36.8 Å². The van der Waals surface area contributed by atoms with Gasteiger partial charge in [-0.15, -0.1) is 11.3 Å². The summed E-state index contributed by atoms with van der Waals surface area (Å²) in [5, 5.41) is 6.45. The van der Waals surface area contributed by atoms with Gasteiger partial charge in [-0.25, -0.2) is 19.6 Å². The number of fused-ring (bicyclic) bond motifs is 1. The number of aromatic nitrogens is 3. The first-order valence-electron chi connectivity index (χ1n) is 14.7. The SMILES string of the molecule is CCOC(=O)c1cn(CCN2CCOCC2)c2ccc(-c3cnc(NC(=O)NC(C)C)cc3-c3nc(C(F)(F)F)cs3)cc2c1=O. The van der Waals surface area contributed by atoms with Crippen molar-refractivity contribution in [2.45, 2.75) is 39.5 Å². The molecule has 2 N–H and O–H groups in total. The van der Waals surface area contributed by atoms with Crippen LogP contribution in [0.15, 0.2) is 46.8 Å². The van der Waals surface area contributed by atoms with Gasteiger partial charge in [-0.1, -0.05) is 6.07 Å². The number of urea groups is 1. The summed E-state index contributed by atoms with van der Waals surface area (Å²) in [6, 6.07) is 5.79. The van der Waals surface area contributed by atoms with Gasteiger partial charge >= 0.3 is 18.2 Å². The van der Waals surface area contributed by atoms with Crippen molar-refractivity contribution in [2.24, 2.45) is 0 Å². The summed E-state index contributed by atoms with van der Waals surface area (Å²) in [7, 11) is 0. The molecule has 3 aromatic heterocycles. The second kappa shape index (κ2) is 14.0.